The van der Waals surface area contributed by atoms with Crippen molar-refractivity contribution in [3.8, 4) is 0 Å². The first-order valence-electron chi connectivity index (χ1n) is 2.93. The molecular formula is C6H10ClNO. The lowest BCUT2D eigenvalue weighted by atomic mass is 10.1. The van der Waals surface area contributed by atoms with E-state index >= 15 is 0 Å². The monoisotopic (exact) mass is 147 g/mol. The minimum absolute atomic E-state index is 0.258. The molecule has 0 N–H and O–H groups in total. The summed E-state index contributed by atoms with van der Waals surface area (Å²) in [4.78, 5) is 13.0. The maximum absolute atomic E-state index is 9.66. The molecule has 2 nitrogen and oxygen atoms in total. The standard InChI is InChI=1S/C6H10ClNO/c1-3-5(2)6(7)8-4-9/h5-6H,3H2,1-2H3. The number of aliphatic imine (C=N–C) groups is 1. The van der Waals surface area contributed by atoms with Crippen LogP contribution in [0.15, 0.2) is 4.99 Å². The highest BCUT2D eigenvalue weighted by Gasteiger charge is 2.09. The van der Waals surface area contributed by atoms with Crippen molar-refractivity contribution >= 4 is 17.7 Å². The summed E-state index contributed by atoms with van der Waals surface area (Å²) in [7, 11) is 0. The smallest absolute Gasteiger partial charge is 0.211 e. The molecule has 0 amide bonds. The van der Waals surface area contributed by atoms with Gasteiger partial charge < -0.3 is 0 Å². The Morgan fingerprint density at radius 1 is 1.78 bits per heavy atom. The molecule has 0 aliphatic carbocycles. The van der Waals surface area contributed by atoms with E-state index in [1.807, 2.05) is 13.8 Å². The first-order valence-corrected chi connectivity index (χ1v) is 3.37. The van der Waals surface area contributed by atoms with Crippen LogP contribution in [0.3, 0.4) is 0 Å². The molecule has 9 heavy (non-hydrogen) atoms. The number of carbonyl (C=O) groups excluding carboxylic acids is 1. The predicted molar refractivity (Wildman–Crippen MR) is 37.2 cm³/mol. The highest BCUT2D eigenvalue weighted by Crippen LogP contribution is 2.13. The number of alkyl halides is 1. The lowest BCUT2D eigenvalue weighted by Gasteiger charge is -2.07. The largest absolute Gasteiger partial charge is 0.236 e. The summed E-state index contributed by atoms with van der Waals surface area (Å²) in [6, 6.07) is 0. The zero-order chi connectivity index (χ0) is 7.28. The van der Waals surface area contributed by atoms with Gasteiger partial charge in [-0.3, -0.25) is 0 Å². The van der Waals surface area contributed by atoms with E-state index in [1.165, 1.54) is 6.08 Å². The third-order valence-corrected chi connectivity index (χ3v) is 1.82. The van der Waals surface area contributed by atoms with E-state index in [2.05, 4.69) is 4.99 Å². The van der Waals surface area contributed by atoms with Crippen LogP contribution < -0.4 is 0 Å². The van der Waals surface area contributed by atoms with Crippen molar-refractivity contribution in [1.82, 2.24) is 0 Å². The quantitative estimate of drug-likeness (QED) is 0.260. The summed E-state index contributed by atoms with van der Waals surface area (Å²) in [6.45, 7) is 3.94. The first kappa shape index (κ1) is 8.67. The molecule has 0 aromatic carbocycles. The predicted octanol–water partition coefficient (Wildman–Crippen LogP) is 1.93. The second-order valence-electron chi connectivity index (χ2n) is 1.98. The first-order chi connectivity index (χ1) is 4.22. The SMILES string of the molecule is CCC(C)C(Cl)N=C=O. The minimum atomic E-state index is -0.396. The minimum Gasteiger partial charge on any atom is -0.211 e. The van der Waals surface area contributed by atoms with Crippen LogP contribution in [-0.2, 0) is 4.79 Å². The lowest BCUT2D eigenvalue weighted by molar-refractivity contribution is 0.524. The van der Waals surface area contributed by atoms with Crippen molar-refractivity contribution in [2.75, 3.05) is 0 Å². The van der Waals surface area contributed by atoms with Crippen molar-refractivity contribution in [2.24, 2.45) is 10.9 Å². The molecule has 0 heterocycles. The average Bonchev–Trinajstić information content (AvgIpc) is 1.87. The highest BCUT2D eigenvalue weighted by molar-refractivity contribution is 6.20. The van der Waals surface area contributed by atoms with Crippen molar-refractivity contribution < 1.29 is 4.79 Å². The Labute approximate surface area is 59.9 Å². The number of halogens is 1. The van der Waals surface area contributed by atoms with E-state index in [9.17, 15) is 4.79 Å². The van der Waals surface area contributed by atoms with Gasteiger partial charge in [0.2, 0.25) is 6.08 Å². The van der Waals surface area contributed by atoms with Crippen LogP contribution >= 0.6 is 11.6 Å². The molecule has 0 aromatic heterocycles. The molecule has 0 rings (SSSR count). The number of nitrogens with zero attached hydrogens (tertiary/aromatic N) is 1. The summed E-state index contributed by atoms with van der Waals surface area (Å²) < 4.78 is 0. The summed E-state index contributed by atoms with van der Waals surface area (Å²) >= 11 is 5.60. The topological polar surface area (TPSA) is 29.4 Å². The molecule has 0 bridgehead atoms. The van der Waals surface area contributed by atoms with Crippen LogP contribution in [0.4, 0.5) is 0 Å². The number of rotatable bonds is 3. The van der Waals surface area contributed by atoms with Gasteiger partial charge in [-0.25, -0.2) is 4.79 Å². The molecule has 0 radical (unpaired) electrons. The van der Waals surface area contributed by atoms with Gasteiger partial charge in [0.1, 0.15) is 5.50 Å². The van der Waals surface area contributed by atoms with Crippen LogP contribution in [0.25, 0.3) is 0 Å². The fourth-order valence-corrected chi connectivity index (χ4v) is 0.590. The van der Waals surface area contributed by atoms with E-state index in [1.54, 1.807) is 0 Å². The van der Waals surface area contributed by atoms with Crippen molar-refractivity contribution in [1.29, 1.82) is 0 Å². The average molecular weight is 148 g/mol. The fourth-order valence-electron chi connectivity index (χ4n) is 0.372. The van der Waals surface area contributed by atoms with Gasteiger partial charge in [-0.2, -0.15) is 4.99 Å². The summed E-state index contributed by atoms with van der Waals surface area (Å²) in [5, 5.41) is 0. The number of hydrogen-bond donors (Lipinski definition) is 0. The van der Waals surface area contributed by atoms with Crippen LogP contribution in [0.2, 0.25) is 0 Å². The van der Waals surface area contributed by atoms with Gasteiger partial charge in [-0.05, 0) is 5.92 Å². The van der Waals surface area contributed by atoms with Crippen LogP contribution in [0.5, 0.6) is 0 Å². The molecule has 0 aromatic rings. The normalized spacial score (nSPS) is 15.9. The van der Waals surface area contributed by atoms with Gasteiger partial charge in [0.15, 0.2) is 0 Å². The number of isocyanates is 1. The molecule has 2 unspecified atom stereocenters. The molecule has 0 aliphatic heterocycles. The van der Waals surface area contributed by atoms with Gasteiger partial charge in [0.05, 0.1) is 0 Å². The van der Waals surface area contributed by atoms with Crippen LogP contribution in [0, 0.1) is 5.92 Å². The molecule has 0 fully saturated rings. The van der Waals surface area contributed by atoms with E-state index in [0.29, 0.717) is 0 Å². The number of hydrogen-bond acceptors (Lipinski definition) is 2. The fraction of sp³-hybridized carbons (Fsp3) is 0.833. The summed E-state index contributed by atoms with van der Waals surface area (Å²) in [6.07, 6.45) is 2.36. The molecule has 0 saturated heterocycles. The molecular weight excluding hydrogens is 138 g/mol. The third kappa shape index (κ3) is 3.28. The lowest BCUT2D eigenvalue weighted by Crippen LogP contribution is -2.06. The van der Waals surface area contributed by atoms with Crippen LogP contribution in [-0.4, -0.2) is 11.6 Å². The Balaban J connectivity index is 3.71. The Morgan fingerprint density at radius 2 is 2.33 bits per heavy atom. The van der Waals surface area contributed by atoms with E-state index in [4.69, 9.17) is 11.6 Å². The molecule has 52 valence electrons. The van der Waals surface area contributed by atoms with Gasteiger partial charge in [-0.1, -0.05) is 31.9 Å². The van der Waals surface area contributed by atoms with Gasteiger partial charge >= 0.3 is 0 Å². The molecule has 0 saturated carbocycles. The third-order valence-electron chi connectivity index (χ3n) is 1.29. The molecule has 3 heteroatoms. The van der Waals surface area contributed by atoms with Crippen molar-refractivity contribution in [3.05, 3.63) is 0 Å². The maximum Gasteiger partial charge on any atom is 0.236 e. The maximum atomic E-state index is 9.66. The van der Waals surface area contributed by atoms with Gasteiger partial charge in [-0.15, -0.1) is 0 Å². The van der Waals surface area contributed by atoms with E-state index in [0.717, 1.165) is 6.42 Å². The Kier molecular flexibility index (Phi) is 4.37. The molecule has 0 aliphatic rings. The molecule has 2 atom stereocenters. The zero-order valence-electron chi connectivity index (χ0n) is 5.60. The van der Waals surface area contributed by atoms with E-state index < -0.39 is 5.50 Å². The van der Waals surface area contributed by atoms with E-state index in [-0.39, 0.29) is 5.92 Å². The second kappa shape index (κ2) is 4.54. The zero-order valence-corrected chi connectivity index (χ0v) is 6.35. The Hall–Kier alpha value is -0.330. The Bertz CT molecular complexity index is 120. The van der Waals surface area contributed by atoms with Crippen molar-refractivity contribution in [2.45, 2.75) is 25.8 Å². The highest BCUT2D eigenvalue weighted by atomic mass is 35.5. The second-order valence-corrected chi connectivity index (χ2v) is 2.43. The summed E-state index contributed by atoms with van der Waals surface area (Å²) in [5.41, 5.74) is -0.396. The van der Waals surface area contributed by atoms with Crippen LogP contribution in [0.1, 0.15) is 20.3 Å². The van der Waals surface area contributed by atoms with Gasteiger partial charge in [0, 0.05) is 0 Å². The molecule has 0 spiro atoms. The van der Waals surface area contributed by atoms with Gasteiger partial charge in [0.25, 0.3) is 0 Å². The summed E-state index contributed by atoms with van der Waals surface area (Å²) in [5.74, 6) is 0.258. The van der Waals surface area contributed by atoms with Crippen molar-refractivity contribution in [3.63, 3.8) is 0 Å². The Morgan fingerprint density at radius 3 is 2.67 bits per heavy atom.